The normalized spacial score (nSPS) is 20.6. The van der Waals surface area contributed by atoms with Gasteiger partial charge in [-0.2, -0.15) is 0 Å². The van der Waals surface area contributed by atoms with Crippen molar-refractivity contribution in [3.8, 4) is 11.5 Å². The van der Waals surface area contributed by atoms with Crippen LogP contribution in [0, 0.1) is 0 Å². The van der Waals surface area contributed by atoms with E-state index in [0.29, 0.717) is 27.2 Å². The topological polar surface area (TPSA) is 263 Å². The van der Waals surface area contributed by atoms with Gasteiger partial charge in [-0.25, -0.2) is 39.6 Å². The number of ether oxygens (including phenoxy) is 1. The number of nitrogens with zero attached hydrogens (tertiary/aromatic N) is 4. The summed E-state index contributed by atoms with van der Waals surface area (Å²) in [5.41, 5.74) is 0.179. The maximum atomic E-state index is 12.6. The van der Waals surface area contributed by atoms with Gasteiger partial charge < -0.3 is 28.1 Å². The van der Waals surface area contributed by atoms with E-state index in [1.807, 2.05) is 37.2 Å². The molecule has 0 aromatic heterocycles. The predicted octanol–water partition coefficient (Wildman–Crippen LogP) is -5.01. The molecular formula is C35H42N4Na2O14S3. The quantitative estimate of drug-likeness (QED) is 0.0674. The fourth-order valence-corrected chi connectivity index (χ4v) is 10.4. The fourth-order valence-electron chi connectivity index (χ4n) is 8.38. The van der Waals surface area contributed by atoms with Crippen molar-refractivity contribution in [2.45, 2.75) is 95.6 Å². The van der Waals surface area contributed by atoms with Crippen LogP contribution in [0.5, 0.6) is 11.5 Å². The van der Waals surface area contributed by atoms with Crippen LogP contribution in [0.3, 0.4) is 0 Å². The van der Waals surface area contributed by atoms with Crippen LogP contribution in [0.1, 0.15) is 95.6 Å². The number of carbonyl (C=O) groups is 3. The molecule has 1 saturated heterocycles. The van der Waals surface area contributed by atoms with E-state index in [1.54, 1.807) is 24.3 Å². The molecule has 0 radical (unpaired) electrons. The first-order valence-corrected chi connectivity index (χ1v) is 22.7. The second kappa shape index (κ2) is 17.8. The molecule has 2 aromatic rings. The van der Waals surface area contributed by atoms with Crippen molar-refractivity contribution in [2.75, 3.05) is 35.2 Å². The van der Waals surface area contributed by atoms with E-state index in [1.165, 1.54) is 0 Å². The average molecular weight is 885 g/mol. The summed E-state index contributed by atoms with van der Waals surface area (Å²) in [6, 6.07) is 6.52. The molecule has 0 saturated carbocycles. The third kappa shape index (κ3) is 11.3. The molecule has 0 aliphatic carbocycles. The number of amides is 2. The largest absolute Gasteiger partial charge is 1.00 e. The zero-order valence-electron chi connectivity index (χ0n) is 33.2. The third-order valence-corrected chi connectivity index (χ3v) is 13.0. The summed E-state index contributed by atoms with van der Waals surface area (Å²) in [4.78, 5) is 48.1. The van der Waals surface area contributed by atoms with Crippen LogP contribution >= 0.6 is 0 Å². The van der Waals surface area contributed by atoms with Gasteiger partial charge >= 0.3 is 65.1 Å². The van der Waals surface area contributed by atoms with Gasteiger partial charge in [0.1, 0.15) is 17.6 Å². The molecule has 2 unspecified atom stereocenters. The van der Waals surface area contributed by atoms with Gasteiger partial charge in [-0.1, -0.05) is 0 Å². The Bertz CT molecular complexity index is 2460. The number of hydrogen-bond acceptors (Lipinski definition) is 16. The molecule has 0 N–H and O–H groups in total. The fraction of sp³-hybridized carbons (Fsp3) is 0.571. The Morgan fingerprint density at radius 3 is 2.03 bits per heavy atom. The van der Waals surface area contributed by atoms with Crippen molar-refractivity contribution >= 4 is 59.5 Å². The molecule has 1 fully saturated rings. The summed E-state index contributed by atoms with van der Waals surface area (Å²) in [6.45, 7) is 7.71. The number of imide groups is 1. The van der Waals surface area contributed by atoms with E-state index in [-0.39, 0.29) is 140 Å². The molecule has 2 amide bonds. The molecular weight excluding hydrogens is 843 g/mol. The maximum Gasteiger partial charge on any atom is 1.00 e. The molecule has 4 aliphatic rings. The van der Waals surface area contributed by atoms with Crippen LogP contribution < -0.4 is 84.0 Å². The van der Waals surface area contributed by atoms with E-state index in [0.717, 1.165) is 0 Å². The molecule has 0 bridgehead atoms. The van der Waals surface area contributed by atoms with Crippen molar-refractivity contribution < 1.29 is 122 Å². The van der Waals surface area contributed by atoms with Crippen molar-refractivity contribution in [1.29, 1.82) is 0 Å². The molecule has 306 valence electrons. The van der Waals surface area contributed by atoms with Crippen molar-refractivity contribution in [3.05, 3.63) is 46.1 Å². The predicted molar refractivity (Wildman–Crippen MR) is 194 cm³/mol. The Hall–Kier alpha value is -2.02. The van der Waals surface area contributed by atoms with Gasteiger partial charge in [0.25, 0.3) is 11.8 Å². The van der Waals surface area contributed by atoms with Gasteiger partial charge in [0.2, 0.25) is 5.36 Å². The number of hydrogen-bond donors (Lipinski definition) is 0. The second-order valence-corrected chi connectivity index (χ2v) is 20.3. The van der Waals surface area contributed by atoms with E-state index < -0.39 is 88.3 Å². The molecule has 4 heterocycles. The number of hydroxylamine groups is 2. The third-order valence-electron chi connectivity index (χ3n) is 10.6. The number of carbonyl (C=O) groups excluding carboxylic acids is 3. The zero-order valence-corrected chi connectivity index (χ0v) is 39.6. The molecule has 58 heavy (non-hydrogen) atoms. The van der Waals surface area contributed by atoms with Crippen LogP contribution in [-0.2, 0) is 49.6 Å². The van der Waals surface area contributed by atoms with Gasteiger partial charge in [-0.05, 0) is 58.2 Å². The average Bonchev–Trinajstić information content (AvgIpc) is 3.35. The van der Waals surface area contributed by atoms with Crippen molar-refractivity contribution in [1.82, 2.24) is 9.64 Å². The first-order valence-electron chi connectivity index (χ1n) is 18.0. The summed E-state index contributed by atoms with van der Waals surface area (Å²) in [6.07, 6.45) is 0.376. The molecule has 0 spiro atoms. The van der Waals surface area contributed by atoms with Crippen LogP contribution in [0.25, 0.3) is 0 Å². The second-order valence-electron chi connectivity index (χ2n) is 15.9. The molecule has 18 nitrogen and oxygen atoms in total. The van der Waals surface area contributed by atoms with Crippen molar-refractivity contribution in [3.63, 3.8) is 0 Å². The number of anilines is 1. The van der Waals surface area contributed by atoms with E-state index in [2.05, 4.69) is 0 Å². The van der Waals surface area contributed by atoms with Gasteiger partial charge in [0.15, 0.2) is 17.0 Å². The van der Waals surface area contributed by atoms with Crippen LogP contribution in [0.2, 0.25) is 0 Å². The standard InChI is InChI=1S/C35H44N4O14S3.2Na/c1-34(2)17-21(19-55(46,47)48)23-13-25-29(15-27(23)37(34)10-5-7-33(42)53-39-31(40)8-9-32(39)41)52-30-16-28-24(14-26(30)36-25)22(20-56(49,50)51)18-35(3,4)38(28)11-6-12-54(43,44)45;;/h13-16,21-22H,5-12,17-20H2,1-4H3,(H2-,43,44,45,46,47,48,49,50,51);;/q;2*+1/p-2. The van der Waals surface area contributed by atoms with Crippen LogP contribution in [0.4, 0.5) is 11.4 Å². The zero-order chi connectivity index (χ0) is 41.2. The van der Waals surface area contributed by atoms with E-state index in [9.17, 15) is 53.3 Å². The van der Waals surface area contributed by atoms with Gasteiger partial charge in [0.05, 0.1) is 42.8 Å². The van der Waals surface area contributed by atoms with Crippen LogP contribution in [-0.4, -0.2) is 103 Å². The van der Waals surface area contributed by atoms with E-state index in [4.69, 9.17) is 14.6 Å². The van der Waals surface area contributed by atoms with Gasteiger partial charge in [-0.3, -0.25) is 9.59 Å². The summed E-state index contributed by atoms with van der Waals surface area (Å²) in [7, 11) is -13.9. The smallest absolute Gasteiger partial charge is 0.748 e. The molecule has 2 atom stereocenters. The first-order chi connectivity index (χ1) is 25.8. The Kier molecular flexibility index (Phi) is 14.9. The maximum absolute atomic E-state index is 12.6. The number of rotatable bonds is 13. The number of benzene rings is 2. The Morgan fingerprint density at radius 2 is 1.45 bits per heavy atom. The minimum Gasteiger partial charge on any atom is -0.748 e. The summed E-state index contributed by atoms with van der Waals surface area (Å²) in [5.74, 6) is -5.03. The molecule has 23 heteroatoms. The molecule has 6 rings (SSSR count). The minimum absolute atomic E-state index is 0. The SMILES string of the molecule is CC1(C)CC(CS(=O)(=O)[O-])c2cc3c(cc2N1CCCS(=O)(=O)[O-])Oc1cc2c(cc1=N3)C(CS(=O)(=O)[O-])CC(C)(C)[N+]=2CCCC(=O)ON1C(=O)CCC1=O.[Na+].[Na+]. The number of fused-ring (bicyclic) bond motifs is 4. The van der Waals surface area contributed by atoms with Gasteiger partial charge in [-0.15, -0.1) is 5.06 Å². The van der Waals surface area contributed by atoms with Crippen LogP contribution in [0.15, 0.2) is 29.3 Å². The Balaban J connectivity index is 0.00000372. The Labute approximate surface area is 381 Å². The first kappa shape index (κ1) is 48.6. The molecule has 2 aromatic carbocycles. The minimum atomic E-state index is -4.70. The monoisotopic (exact) mass is 884 g/mol. The summed E-state index contributed by atoms with van der Waals surface area (Å²) in [5, 5.41) is 1.28. The van der Waals surface area contributed by atoms with Gasteiger partial charge in [0, 0.05) is 84.2 Å². The Morgan fingerprint density at radius 1 is 0.845 bits per heavy atom. The van der Waals surface area contributed by atoms with E-state index >= 15 is 0 Å². The summed E-state index contributed by atoms with van der Waals surface area (Å²) < 4.78 is 115. The summed E-state index contributed by atoms with van der Waals surface area (Å²) >= 11 is 0. The van der Waals surface area contributed by atoms with Crippen molar-refractivity contribution in [2.24, 2.45) is 4.99 Å². The molecule has 4 aliphatic heterocycles.